The highest BCUT2D eigenvalue weighted by atomic mass is 15.6. The number of rotatable bonds is 6. The highest BCUT2D eigenvalue weighted by Crippen LogP contribution is 2.21. The Kier molecular flexibility index (Phi) is 6.25. The first-order valence-electron chi connectivity index (χ1n) is 5.84. The summed E-state index contributed by atoms with van der Waals surface area (Å²) in [6.45, 7) is 4.07. The first-order valence-corrected chi connectivity index (χ1v) is 5.84. The van der Waals surface area contributed by atoms with Crippen LogP contribution in [-0.2, 0) is 0 Å². The molecule has 92 valence electrons. The van der Waals surface area contributed by atoms with E-state index in [2.05, 4.69) is 40.7 Å². The van der Waals surface area contributed by atoms with Gasteiger partial charge in [-0.05, 0) is 32.0 Å². The van der Waals surface area contributed by atoms with E-state index in [-0.39, 0.29) is 6.04 Å². The minimum atomic E-state index is 0.129. The topological polar surface area (TPSA) is 36.1 Å². The summed E-state index contributed by atoms with van der Waals surface area (Å²) in [5.74, 6) is 0. The fraction of sp³-hybridized carbons (Fsp3) is 0.286. The van der Waals surface area contributed by atoms with Gasteiger partial charge in [-0.1, -0.05) is 48.6 Å². The van der Waals surface area contributed by atoms with Crippen molar-refractivity contribution in [1.82, 2.24) is 16.4 Å². The summed E-state index contributed by atoms with van der Waals surface area (Å²) >= 11 is 0. The van der Waals surface area contributed by atoms with Crippen LogP contribution in [0.1, 0.15) is 25.5 Å². The minimum absolute atomic E-state index is 0.129. The van der Waals surface area contributed by atoms with E-state index in [1.165, 1.54) is 11.1 Å². The standard InChI is InChI=1S/C14H21N3/c1-4-9-12(5-2)14(16-17-15-3)13-10-7-6-8-11-13/h4-11,14-17H,1-3H3/b9-4-,12-5+. The number of allylic oxidation sites excluding steroid dienone is 2. The van der Waals surface area contributed by atoms with Crippen molar-refractivity contribution in [3.05, 3.63) is 59.7 Å². The van der Waals surface area contributed by atoms with Gasteiger partial charge in [0.15, 0.2) is 0 Å². The molecule has 1 aromatic rings. The molecule has 0 amide bonds. The van der Waals surface area contributed by atoms with Crippen molar-refractivity contribution in [3.63, 3.8) is 0 Å². The lowest BCUT2D eigenvalue weighted by molar-refractivity contribution is 0.429. The SMILES string of the molecule is C/C=C\C(=C/C)C(NNNC)c1ccccc1. The molecule has 1 atom stereocenters. The third kappa shape index (κ3) is 4.15. The van der Waals surface area contributed by atoms with E-state index >= 15 is 0 Å². The summed E-state index contributed by atoms with van der Waals surface area (Å²) in [6, 6.07) is 10.5. The van der Waals surface area contributed by atoms with Gasteiger partial charge in [0.2, 0.25) is 0 Å². The molecule has 0 aliphatic carbocycles. The molecule has 3 heteroatoms. The summed E-state index contributed by atoms with van der Waals surface area (Å²) in [5.41, 5.74) is 11.5. The lowest BCUT2D eigenvalue weighted by Gasteiger charge is -2.20. The highest BCUT2D eigenvalue weighted by Gasteiger charge is 2.12. The summed E-state index contributed by atoms with van der Waals surface area (Å²) in [6.07, 6.45) is 6.27. The Morgan fingerprint density at radius 2 is 1.88 bits per heavy atom. The molecular formula is C14H21N3. The highest BCUT2D eigenvalue weighted by molar-refractivity contribution is 5.33. The Balaban J connectivity index is 2.95. The van der Waals surface area contributed by atoms with Crippen LogP contribution in [0.3, 0.4) is 0 Å². The average molecular weight is 231 g/mol. The third-order valence-electron chi connectivity index (χ3n) is 2.50. The van der Waals surface area contributed by atoms with Gasteiger partial charge in [0.05, 0.1) is 6.04 Å². The maximum Gasteiger partial charge on any atom is 0.0722 e. The van der Waals surface area contributed by atoms with Crippen LogP contribution in [0.25, 0.3) is 0 Å². The molecule has 0 fully saturated rings. The van der Waals surface area contributed by atoms with Crippen LogP contribution in [-0.4, -0.2) is 7.05 Å². The lowest BCUT2D eigenvalue weighted by Crippen LogP contribution is -2.43. The number of hydrazine groups is 2. The Morgan fingerprint density at radius 3 is 2.41 bits per heavy atom. The average Bonchev–Trinajstić information content (AvgIpc) is 2.39. The smallest absolute Gasteiger partial charge is 0.0722 e. The second-order valence-corrected chi connectivity index (χ2v) is 3.65. The van der Waals surface area contributed by atoms with E-state index in [0.29, 0.717) is 0 Å². The quantitative estimate of drug-likeness (QED) is 0.520. The van der Waals surface area contributed by atoms with Crippen molar-refractivity contribution in [2.75, 3.05) is 7.05 Å². The molecule has 0 aliphatic heterocycles. The van der Waals surface area contributed by atoms with Gasteiger partial charge in [-0.3, -0.25) is 0 Å². The zero-order valence-electron chi connectivity index (χ0n) is 10.7. The molecule has 3 nitrogen and oxygen atoms in total. The molecule has 0 saturated carbocycles. The molecule has 0 saturated heterocycles. The number of nitrogens with one attached hydrogen (secondary N) is 3. The van der Waals surface area contributed by atoms with E-state index in [1.807, 2.05) is 45.2 Å². The molecule has 0 heterocycles. The van der Waals surface area contributed by atoms with Crippen LogP contribution in [0.15, 0.2) is 54.1 Å². The van der Waals surface area contributed by atoms with Crippen LogP contribution >= 0.6 is 0 Å². The Bertz CT molecular complexity index is 368. The lowest BCUT2D eigenvalue weighted by atomic mass is 9.99. The zero-order chi connectivity index (χ0) is 12.5. The molecule has 0 aliphatic rings. The van der Waals surface area contributed by atoms with Gasteiger partial charge in [-0.2, -0.15) is 5.53 Å². The summed E-state index contributed by atoms with van der Waals surface area (Å²) in [5, 5.41) is 0. The van der Waals surface area contributed by atoms with Gasteiger partial charge >= 0.3 is 0 Å². The van der Waals surface area contributed by atoms with E-state index in [9.17, 15) is 0 Å². The summed E-state index contributed by atoms with van der Waals surface area (Å²) in [7, 11) is 1.83. The third-order valence-corrected chi connectivity index (χ3v) is 2.50. The van der Waals surface area contributed by atoms with E-state index in [4.69, 9.17) is 0 Å². The molecule has 0 radical (unpaired) electrons. The van der Waals surface area contributed by atoms with Gasteiger partial charge in [0.25, 0.3) is 0 Å². The Hall–Kier alpha value is -1.42. The molecule has 3 N–H and O–H groups in total. The minimum Gasteiger partial charge on any atom is -0.247 e. The molecule has 0 aromatic heterocycles. The number of hydrogen-bond donors (Lipinski definition) is 3. The van der Waals surface area contributed by atoms with Crippen molar-refractivity contribution in [2.24, 2.45) is 0 Å². The Morgan fingerprint density at radius 1 is 1.18 bits per heavy atom. The molecule has 1 rings (SSSR count). The summed E-state index contributed by atoms with van der Waals surface area (Å²) in [4.78, 5) is 0. The zero-order valence-corrected chi connectivity index (χ0v) is 10.7. The Labute approximate surface area is 104 Å². The largest absolute Gasteiger partial charge is 0.247 e. The second kappa shape index (κ2) is 7.79. The van der Waals surface area contributed by atoms with E-state index < -0.39 is 0 Å². The molecule has 0 spiro atoms. The first kappa shape index (κ1) is 13.6. The number of benzene rings is 1. The molecule has 0 bridgehead atoms. The van der Waals surface area contributed by atoms with Crippen molar-refractivity contribution in [1.29, 1.82) is 0 Å². The molecule has 17 heavy (non-hydrogen) atoms. The van der Waals surface area contributed by atoms with E-state index in [1.54, 1.807) is 0 Å². The van der Waals surface area contributed by atoms with Crippen LogP contribution in [0.2, 0.25) is 0 Å². The second-order valence-electron chi connectivity index (χ2n) is 3.65. The van der Waals surface area contributed by atoms with Gasteiger partial charge in [0.1, 0.15) is 0 Å². The van der Waals surface area contributed by atoms with Crippen LogP contribution in [0.4, 0.5) is 0 Å². The summed E-state index contributed by atoms with van der Waals surface area (Å²) < 4.78 is 0. The number of hydrogen-bond acceptors (Lipinski definition) is 3. The normalized spacial score (nSPS) is 14.2. The fourth-order valence-corrected chi connectivity index (χ4v) is 1.70. The van der Waals surface area contributed by atoms with Crippen LogP contribution in [0, 0.1) is 0 Å². The van der Waals surface area contributed by atoms with Crippen molar-refractivity contribution in [3.8, 4) is 0 Å². The predicted molar refractivity (Wildman–Crippen MR) is 73.1 cm³/mol. The van der Waals surface area contributed by atoms with Crippen LogP contribution in [0.5, 0.6) is 0 Å². The van der Waals surface area contributed by atoms with Gasteiger partial charge < -0.3 is 0 Å². The van der Waals surface area contributed by atoms with Crippen molar-refractivity contribution >= 4 is 0 Å². The fourth-order valence-electron chi connectivity index (χ4n) is 1.70. The van der Waals surface area contributed by atoms with Crippen molar-refractivity contribution < 1.29 is 0 Å². The maximum absolute atomic E-state index is 3.24. The maximum atomic E-state index is 3.24. The van der Waals surface area contributed by atoms with Gasteiger partial charge in [-0.25, -0.2) is 10.9 Å². The molecule has 1 aromatic carbocycles. The van der Waals surface area contributed by atoms with Gasteiger partial charge in [-0.15, -0.1) is 0 Å². The molecular weight excluding hydrogens is 210 g/mol. The first-order chi connectivity index (χ1) is 8.33. The van der Waals surface area contributed by atoms with Crippen molar-refractivity contribution in [2.45, 2.75) is 19.9 Å². The monoisotopic (exact) mass is 231 g/mol. The van der Waals surface area contributed by atoms with Crippen LogP contribution < -0.4 is 16.4 Å². The van der Waals surface area contributed by atoms with E-state index in [0.717, 1.165) is 0 Å². The molecule has 1 unspecified atom stereocenters. The predicted octanol–water partition coefficient (Wildman–Crippen LogP) is 2.48. The van der Waals surface area contributed by atoms with Gasteiger partial charge in [0, 0.05) is 0 Å².